The van der Waals surface area contributed by atoms with Gasteiger partial charge in [0.05, 0.1) is 0 Å². The topological polar surface area (TPSA) is 55.8 Å². The monoisotopic (exact) mass is 413 g/mol. The molecule has 154 valence electrons. The van der Waals surface area contributed by atoms with Gasteiger partial charge in [-0.2, -0.15) is 11.8 Å². The zero-order valence-corrected chi connectivity index (χ0v) is 18.1. The Labute approximate surface area is 176 Å². The minimum absolute atomic E-state index is 0.332. The van der Waals surface area contributed by atoms with Crippen molar-refractivity contribution in [2.24, 2.45) is 0 Å². The molecule has 0 bridgehead atoms. The fraction of sp³-hybridized carbons (Fsp3) is 0.391. The molecule has 1 aliphatic heterocycles. The zero-order chi connectivity index (χ0) is 21.0. The van der Waals surface area contributed by atoms with Gasteiger partial charge in [-0.1, -0.05) is 42.5 Å². The fourth-order valence-electron chi connectivity index (χ4n) is 3.31. The number of benzene rings is 2. The van der Waals surface area contributed by atoms with Crippen molar-refractivity contribution in [3.63, 3.8) is 0 Å². The van der Waals surface area contributed by atoms with Crippen LogP contribution < -0.4 is 0 Å². The van der Waals surface area contributed by atoms with Crippen molar-refractivity contribution in [1.29, 1.82) is 0 Å². The maximum atomic E-state index is 12.6. The van der Waals surface area contributed by atoms with E-state index in [1.165, 1.54) is 11.0 Å². The second-order valence-electron chi connectivity index (χ2n) is 7.96. The first-order valence-electron chi connectivity index (χ1n) is 9.66. The highest BCUT2D eigenvalue weighted by Crippen LogP contribution is 2.29. The Morgan fingerprint density at radius 1 is 1.14 bits per heavy atom. The van der Waals surface area contributed by atoms with Gasteiger partial charge in [0.25, 0.3) is 5.91 Å². The molecule has 0 N–H and O–H groups in total. The van der Waals surface area contributed by atoms with Gasteiger partial charge in [0.1, 0.15) is 24.0 Å². The number of amides is 2. The van der Waals surface area contributed by atoms with Gasteiger partial charge in [0.2, 0.25) is 0 Å². The molecule has 0 saturated carbocycles. The zero-order valence-electron chi connectivity index (χ0n) is 17.3. The van der Waals surface area contributed by atoms with Gasteiger partial charge in [-0.05, 0) is 55.5 Å². The molecular formula is C23H27NO4S. The summed E-state index contributed by atoms with van der Waals surface area (Å²) in [6, 6.07) is 13.7. The van der Waals surface area contributed by atoms with Crippen molar-refractivity contribution < 1.29 is 19.1 Å². The summed E-state index contributed by atoms with van der Waals surface area (Å²) in [7, 11) is 0. The molecule has 0 fully saturated rings. The number of imide groups is 1. The summed E-state index contributed by atoms with van der Waals surface area (Å²) in [4.78, 5) is 26.4. The van der Waals surface area contributed by atoms with Crippen molar-refractivity contribution in [2.75, 3.05) is 12.0 Å². The summed E-state index contributed by atoms with van der Waals surface area (Å²) in [5.74, 6) is 0.924. The molecule has 2 aromatic carbocycles. The van der Waals surface area contributed by atoms with Crippen molar-refractivity contribution in [2.45, 2.75) is 45.4 Å². The Hall–Kier alpha value is -2.47. The van der Waals surface area contributed by atoms with E-state index in [1.807, 2.05) is 30.5 Å². The SMILES string of the molecule is CSCCC1C(OCc2cccc3ccccc23)=CC(=O)N1C(=O)OC(C)(C)C. The first-order chi connectivity index (χ1) is 13.8. The van der Waals surface area contributed by atoms with Crippen LogP contribution in [-0.4, -0.2) is 40.6 Å². The summed E-state index contributed by atoms with van der Waals surface area (Å²) < 4.78 is 11.5. The van der Waals surface area contributed by atoms with Gasteiger partial charge >= 0.3 is 6.09 Å². The number of thioether (sulfide) groups is 1. The second kappa shape index (κ2) is 8.91. The van der Waals surface area contributed by atoms with Crippen LogP contribution in [0.5, 0.6) is 0 Å². The van der Waals surface area contributed by atoms with Crippen LogP contribution in [0.1, 0.15) is 32.8 Å². The molecule has 1 unspecified atom stereocenters. The summed E-state index contributed by atoms with van der Waals surface area (Å²) >= 11 is 1.66. The summed E-state index contributed by atoms with van der Waals surface area (Å²) in [6.45, 7) is 5.69. The van der Waals surface area contributed by atoms with Crippen LogP contribution >= 0.6 is 11.8 Å². The molecule has 0 saturated heterocycles. The van der Waals surface area contributed by atoms with Crippen molar-refractivity contribution in [1.82, 2.24) is 4.90 Å². The third-order valence-electron chi connectivity index (χ3n) is 4.60. The second-order valence-corrected chi connectivity index (χ2v) is 8.95. The van der Waals surface area contributed by atoms with E-state index in [4.69, 9.17) is 9.47 Å². The van der Waals surface area contributed by atoms with Crippen molar-refractivity contribution in [3.8, 4) is 0 Å². The number of carbonyl (C=O) groups is 2. The predicted octanol–water partition coefficient (Wildman–Crippen LogP) is 5.14. The molecule has 0 aromatic heterocycles. The van der Waals surface area contributed by atoms with Gasteiger partial charge in [-0.3, -0.25) is 4.79 Å². The Kier molecular flexibility index (Phi) is 6.52. The molecular weight excluding hydrogens is 386 g/mol. The molecule has 1 heterocycles. The van der Waals surface area contributed by atoms with Gasteiger partial charge < -0.3 is 9.47 Å². The van der Waals surface area contributed by atoms with E-state index < -0.39 is 23.6 Å². The van der Waals surface area contributed by atoms with Crippen molar-refractivity contribution in [3.05, 3.63) is 59.9 Å². The van der Waals surface area contributed by atoms with E-state index in [0.29, 0.717) is 18.8 Å². The van der Waals surface area contributed by atoms with E-state index in [-0.39, 0.29) is 0 Å². The highest BCUT2D eigenvalue weighted by atomic mass is 32.2. The molecule has 29 heavy (non-hydrogen) atoms. The standard InChI is InChI=1S/C23H27NO4S/c1-23(2,3)28-22(26)24-19(12-13-29-4)20(14-21(24)25)27-15-17-10-7-9-16-8-5-6-11-18(16)17/h5-11,14,19H,12-13,15H2,1-4H3. The number of hydrogen-bond acceptors (Lipinski definition) is 5. The van der Waals surface area contributed by atoms with Gasteiger partial charge in [-0.25, -0.2) is 9.69 Å². The lowest BCUT2D eigenvalue weighted by Gasteiger charge is -2.28. The molecule has 0 aliphatic carbocycles. The molecule has 1 aliphatic rings. The van der Waals surface area contributed by atoms with E-state index in [0.717, 1.165) is 22.1 Å². The highest BCUT2D eigenvalue weighted by Gasteiger charge is 2.40. The van der Waals surface area contributed by atoms with Crippen LogP contribution in [0.2, 0.25) is 0 Å². The average molecular weight is 414 g/mol. The summed E-state index contributed by atoms with van der Waals surface area (Å²) in [5.41, 5.74) is 0.365. The number of ether oxygens (including phenoxy) is 2. The number of rotatable bonds is 6. The van der Waals surface area contributed by atoms with Crippen LogP contribution in [0.25, 0.3) is 10.8 Å². The molecule has 2 aromatic rings. The number of carbonyl (C=O) groups excluding carboxylic acids is 2. The van der Waals surface area contributed by atoms with Crippen LogP contribution in [0, 0.1) is 0 Å². The lowest BCUT2D eigenvalue weighted by Crippen LogP contribution is -2.44. The van der Waals surface area contributed by atoms with Crippen LogP contribution in [0.3, 0.4) is 0 Å². The highest BCUT2D eigenvalue weighted by molar-refractivity contribution is 7.98. The first-order valence-corrected chi connectivity index (χ1v) is 11.1. The number of fused-ring (bicyclic) bond motifs is 1. The summed E-state index contributed by atoms with van der Waals surface area (Å²) in [6.07, 6.45) is 3.40. The number of hydrogen-bond donors (Lipinski definition) is 0. The largest absolute Gasteiger partial charge is 0.491 e. The van der Waals surface area contributed by atoms with E-state index >= 15 is 0 Å². The maximum Gasteiger partial charge on any atom is 0.418 e. The van der Waals surface area contributed by atoms with Crippen LogP contribution in [-0.2, 0) is 20.9 Å². The van der Waals surface area contributed by atoms with Crippen LogP contribution in [0.15, 0.2) is 54.3 Å². The third-order valence-corrected chi connectivity index (χ3v) is 5.25. The minimum Gasteiger partial charge on any atom is -0.491 e. The smallest absolute Gasteiger partial charge is 0.418 e. The quantitative estimate of drug-likeness (QED) is 0.656. The Morgan fingerprint density at radius 2 is 1.86 bits per heavy atom. The average Bonchev–Trinajstić information content (AvgIpc) is 2.98. The maximum absolute atomic E-state index is 12.6. The summed E-state index contributed by atoms with van der Waals surface area (Å²) in [5, 5.41) is 2.25. The van der Waals surface area contributed by atoms with E-state index in [9.17, 15) is 9.59 Å². The van der Waals surface area contributed by atoms with Crippen LogP contribution in [0.4, 0.5) is 4.79 Å². The molecule has 1 atom stereocenters. The van der Waals surface area contributed by atoms with Gasteiger partial charge in [-0.15, -0.1) is 0 Å². The van der Waals surface area contributed by atoms with Gasteiger partial charge in [0, 0.05) is 6.08 Å². The minimum atomic E-state index is -0.673. The molecule has 6 heteroatoms. The Balaban J connectivity index is 1.79. The molecule has 5 nitrogen and oxygen atoms in total. The lowest BCUT2D eigenvalue weighted by atomic mass is 10.1. The molecule has 0 spiro atoms. The van der Waals surface area contributed by atoms with Gasteiger partial charge in [0.15, 0.2) is 0 Å². The molecule has 3 rings (SSSR count). The Morgan fingerprint density at radius 3 is 2.59 bits per heavy atom. The Bertz CT molecular complexity index is 927. The number of nitrogens with zero attached hydrogens (tertiary/aromatic N) is 1. The molecule has 0 radical (unpaired) electrons. The first kappa shape index (κ1) is 21.2. The third kappa shape index (κ3) is 5.12. The molecule has 2 amide bonds. The fourth-order valence-corrected chi connectivity index (χ4v) is 3.77. The normalized spacial score (nSPS) is 16.8. The predicted molar refractivity (Wildman–Crippen MR) is 117 cm³/mol. The van der Waals surface area contributed by atoms with Crippen molar-refractivity contribution >= 4 is 34.5 Å². The van der Waals surface area contributed by atoms with E-state index in [2.05, 4.69) is 18.2 Å². The van der Waals surface area contributed by atoms with E-state index in [1.54, 1.807) is 32.5 Å². The lowest BCUT2D eigenvalue weighted by molar-refractivity contribution is -0.125.